The molecular formula is C23H29ClO4. The maximum atomic E-state index is 13.3. The zero-order valence-corrected chi connectivity index (χ0v) is 17.1. The van der Waals surface area contributed by atoms with E-state index in [9.17, 15) is 14.4 Å². The molecule has 0 radical (unpaired) electrons. The van der Waals surface area contributed by atoms with Crippen molar-refractivity contribution in [3.8, 4) is 0 Å². The minimum Gasteiger partial charge on any atom is -0.451 e. The van der Waals surface area contributed by atoms with Crippen molar-refractivity contribution in [2.75, 3.05) is 0 Å². The second kappa shape index (κ2) is 6.29. The lowest BCUT2D eigenvalue weighted by Crippen LogP contribution is -2.58. The van der Waals surface area contributed by atoms with Crippen molar-refractivity contribution in [3.05, 3.63) is 22.7 Å². The highest BCUT2D eigenvalue weighted by Crippen LogP contribution is 2.68. The minimum atomic E-state index is -2.94. The van der Waals surface area contributed by atoms with Crippen molar-refractivity contribution in [2.45, 2.75) is 71.7 Å². The monoisotopic (exact) mass is 410 g/mol. The molecule has 0 saturated heterocycles. The Labute approximate surface area is 180 Å². The SMILES string of the molecule is [2H]C1=C2C(Cl)=C[C@@H]3[C@H](CC[C@@]4(C)[C@H]3CC[C@]4(OC(C)=O)C(=O)C([2H])([2H])[2H])[C@@]2(C)CC([2H])([2H])C1=O. The predicted molar refractivity (Wildman–Crippen MR) is 107 cm³/mol. The fraction of sp³-hybridized carbons (Fsp3) is 0.696. The lowest BCUT2D eigenvalue weighted by Gasteiger charge is -2.57. The van der Waals surface area contributed by atoms with Crippen LogP contribution in [0.5, 0.6) is 0 Å². The normalized spacial score (nSPS) is 50.4. The van der Waals surface area contributed by atoms with E-state index >= 15 is 0 Å². The number of rotatable bonds is 2. The molecule has 5 heteroatoms. The molecule has 0 heterocycles. The molecule has 0 amide bonds. The number of halogens is 1. The van der Waals surface area contributed by atoms with E-state index < -0.39 is 53.2 Å². The van der Waals surface area contributed by atoms with Gasteiger partial charge in [0.25, 0.3) is 0 Å². The number of esters is 1. The number of carbonyl (C=O) groups excluding carboxylic acids is 3. The minimum absolute atomic E-state index is 0.0854. The summed E-state index contributed by atoms with van der Waals surface area (Å²) >= 11 is 6.65. The molecular weight excluding hydrogens is 376 g/mol. The fourth-order valence-electron chi connectivity index (χ4n) is 6.56. The fourth-order valence-corrected chi connectivity index (χ4v) is 6.97. The van der Waals surface area contributed by atoms with Crippen LogP contribution in [-0.2, 0) is 19.1 Å². The first-order chi connectivity index (χ1) is 15.4. The lowest BCUT2D eigenvalue weighted by atomic mass is 9.48. The number of ketones is 2. The Balaban J connectivity index is 1.85. The largest absolute Gasteiger partial charge is 0.451 e. The smallest absolute Gasteiger partial charge is 0.303 e. The van der Waals surface area contributed by atoms with Crippen LogP contribution < -0.4 is 0 Å². The topological polar surface area (TPSA) is 60.4 Å². The van der Waals surface area contributed by atoms with E-state index in [0.29, 0.717) is 24.8 Å². The zero-order valence-electron chi connectivity index (χ0n) is 22.4. The number of allylic oxidation sites excluding steroid dienone is 4. The number of ether oxygens (including phenoxy) is 1. The molecule has 0 unspecified atom stereocenters. The molecule has 4 rings (SSSR count). The Hall–Kier alpha value is -1.42. The van der Waals surface area contributed by atoms with Gasteiger partial charge < -0.3 is 4.74 Å². The predicted octanol–water partition coefficient (Wildman–Crippen LogP) is 4.75. The van der Waals surface area contributed by atoms with Crippen LogP contribution in [0.1, 0.15) is 74.3 Å². The van der Waals surface area contributed by atoms with Crippen molar-refractivity contribution in [3.63, 3.8) is 0 Å². The molecule has 0 aromatic carbocycles. The van der Waals surface area contributed by atoms with E-state index in [-0.39, 0.29) is 35.6 Å². The van der Waals surface area contributed by atoms with Gasteiger partial charge in [-0.1, -0.05) is 31.5 Å². The first-order valence-electron chi connectivity index (χ1n) is 12.8. The Kier molecular flexibility index (Phi) is 3.08. The molecule has 152 valence electrons. The Morgan fingerprint density at radius 1 is 1.29 bits per heavy atom. The first kappa shape index (κ1) is 13.7. The van der Waals surface area contributed by atoms with Crippen LogP contribution in [0.3, 0.4) is 0 Å². The van der Waals surface area contributed by atoms with Gasteiger partial charge in [-0.2, -0.15) is 0 Å². The van der Waals surface area contributed by atoms with Gasteiger partial charge in [-0.25, -0.2) is 0 Å². The van der Waals surface area contributed by atoms with E-state index in [2.05, 4.69) is 0 Å². The third-order valence-electron chi connectivity index (χ3n) is 7.96. The quantitative estimate of drug-likeness (QED) is 0.616. The molecule has 4 nitrogen and oxygen atoms in total. The molecule has 0 aromatic heterocycles. The lowest BCUT2D eigenvalue weighted by molar-refractivity contribution is -0.185. The van der Waals surface area contributed by atoms with Gasteiger partial charge in [0.05, 0.1) is 1.37 Å². The third kappa shape index (κ3) is 2.46. The van der Waals surface area contributed by atoms with E-state index in [1.165, 1.54) is 6.92 Å². The van der Waals surface area contributed by atoms with Crippen LogP contribution in [0.15, 0.2) is 22.7 Å². The first-order valence-corrected chi connectivity index (χ1v) is 10.2. The summed E-state index contributed by atoms with van der Waals surface area (Å²) in [4.78, 5) is 37.8. The van der Waals surface area contributed by atoms with Gasteiger partial charge in [0.2, 0.25) is 0 Å². The summed E-state index contributed by atoms with van der Waals surface area (Å²) in [5.74, 6) is -3.32. The van der Waals surface area contributed by atoms with Crippen molar-refractivity contribution in [1.29, 1.82) is 0 Å². The third-order valence-corrected chi connectivity index (χ3v) is 8.27. The molecule has 0 N–H and O–H groups in total. The molecule has 0 aliphatic heterocycles. The zero-order chi connectivity index (χ0) is 25.6. The molecule has 0 bridgehead atoms. The highest BCUT2D eigenvalue weighted by atomic mass is 35.5. The summed E-state index contributed by atoms with van der Waals surface area (Å²) in [7, 11) is 0. The van der Waals surface area contributed by atoms with E-state index in [1.807, 2.05) is 13.8 Å². The van der Waals surface area contributed by atoms with Crippen LogP contribution in [0.4, 0.5) is 0 Å². The second-order valence-corrected chi connectivity index (χ2v) is 9.56. The Morgan fingerprint density at radius 3 is 2.68 bits per heavy atom. The highest BCUT2D eigenvalue weighted by molar-refractivity contribution is 6.32. The van der Waals surface area contributed by atoms with Crippen LogP contribution in [0, 0.1) is 28.6 Å². The Bertz CT molecular complexity index is 1050. The van der Waals surface area contributed by atoms with Gasteiger partial charge in [-0.3, -0.25) is 14.4 Å². The van der Waals surface area contributed by atoms with Crippen LogP contribution >= 0.6 is 11.6 Å². The molecule has 4 aliphatic carbocycles. The van der Waals surface area contributed by atoms with E-state index in [0.717, 1.165) is 0 Å². The molecule has 2 fully saturated rings. The number of hydrogen-bond acceptors (Lipinski definition) is 4. The molecule has 2 saturated carbocycles. The second-order valence-electron chi connectivity index (χ2n) is 9.15. The molecule has 4 aliphatic rings. The van der Waals surface area contributed by atoms with Crippen LogP contribution in [0.2, 0.25) is 0 Å². The summed E-state index contributed by atoms with van der Waals surface area (Å²) in [6.07, 6.45) is 0.875. The molecule has 28 heavy (non-hydrogen) atoms. The van der Waals surface area contributed by atoms with Gasteiger partial charge in [0.1, 0.15) is 0 Å². The van der Waals surface area contributed by atoms with Gasteiger partial charge in [0, 0.05) is 30.6 Å². The van der Waals surface area contributed by atoms with Gasteiger partial charge >= 0.3 is 5.97 Å². The molecule has 0 aromatic rings. The number of carbonyl (C=O) groups is 3. The summed E-state index contributed by atoms with van der Waals surface area (Å²) < 4.78 is 53.8. The van der Waals surface area contributed by atoms with Gasteiger partial charge in [-0.15, -0.1) is 0 Å². The maximum absolute atomic E-state index is 13.3. The van der Waals surface area contributed by atoms with Gasteiger partial charge in [0.15, 0.2) is 17.2 Å². The maximum Gasteiger partial charge on any atom is 0.303 e. The van der Waals surface area contributed by atoms with Crippen LogP contribution in [0.25, 0.3) is 0 Å². The van der Waals surface area contributed by atoms with Crippen LogP contribution in [-0.4, -0.2) is 23.1 Å². The van der Waals surface area contributed by atoms with Crippen molar-refractivity contribution in [2.24, 2.45) is 28.6 Å². The summed E-state index contributed by atoms with van der Waals surface area (Å²) in [6.45, 7) is 1.89. The summed E-state index contributed by atoms with van der Waals surface area (Å²) in [5, 5.41) is 0.231. The van der Waals surface area contributed by atoms with Crippen molar-refractivity contribution < 1.29 is 27.3 Å². The standard InChI is InChI=1S/C23H29ClO4/c1-13(25)23(28-14(2)26)10-7-18-16-12-20(24)19-11-15(27)5-8-21(19,3)17(16)6-9-22(18,23)4/h11-12,16-18H,5-10H2,1-4H3/t16-,17+,18+,21-,22+,23+/m1/s1/i1D3,5D2,11D. The molecule has 6 atom stereocenters. The van der Waals surface area contributed by atoms with Crippen molar-refractivity contribution in [1.82, 2.24) is 0 Å². The van der Waals surface area contributed by atoms with Crippen molar-refractivity contribution >= 4 is 29.1 Å². The summed E-state index contributed by atoms with van der Waals surface area (Å²) in [5.41, 5.74) is -3.24. The Morgan fingerprint density at radius 2 is 2.00 bits per heavy atom. The van der Waals surface area contributed by atoms with Gasteiger partial charge in [-0.05, 0) is 73.7 Å². The molecule has 0 spiro atoms. The number of fused-ring (bicyclic) bond motifs is 5. The summed E-state index contributed by atoms with van der Waals surface area (Å²) in [6, 6.07) is -0.398. The van der Waals surface area contributed by atoms with E-state index in [1.54, 1.807) is 6.08 Å². The highest BCUT2D eigenvalue weighted by Gasteiger charge is 2.67. The van der Waals surface area contributed by atoms with E-state index in [4.69, 9.17) is 24.6 Å². The average Bonchev–Trinajstić information content (AvgIpc) is 2.97. The average molecular weight is 411 g/mol. The number of hydrogen-bond donors (Lipinski definition) is 0. The number of Topliss-reactive ketones (excluding diaryl/α,β-unsaturated/α-hetero) is 1.